The number of carbonyl (C=O) groups excluding carboxylic acids is 1. The van der Waals surface area contributed by atoms with Crippen LogP contribution in [-0.4, -0.2) is 29.1 Å². The maximum atomic E-state index is 12.1. The van der Waals surface area contributed by atoms with E-state index < -0.39 is 5.97 Å². The van der Waals surface area contributed by atoms with Gasteiger partial charge in [-0.1, -0.05) is 15.9 Å². The number of anilines is 1. The minimum Gasteiger partial charge on any atom is -0.481 e. The fraction of sp³-hybridized carbons (Fsp3) is 0.0714. The molecule has 0 fully saturated rings. The Kier molecular flexibility index (Phi) is 4.54. The van der Waals surface area contributed by atoms with Crippen molar-refractivity contribution in [3.63, 3.8) is 0 Å². The highest BCUT2D eigenvalue weighted by Crippen LogP contribution is 2.20. The van der Waals surface area contributed by atoms with Gasteiger partial charge in [-0.15, -0.1) is 0 Å². The summed E-state index contributed by atoms with van der Waals surface area (Å²) in [6.45, 7) is 0. The zero-order chi connectivity index (χ0) is 15.4. The number of methoxy groups -OCH3 is 1. The van der Waals surface area contributed by atoms with Crippen molar-refractivity contribution in [3.05, 3.63) is 52.1 Å². The lowest BCUT2D eigenvalue weighted by molar-refractivity contribution is 0.0696. The number of carboxylic acids is 1. The van der Waals surface area contributed by atoms with Crippen molar-refractivity contribution in [2.75, 3.05) is 12.4 Å². The Morgan fingerprint density at radius 3 is 2.57 bits per heavy atom. The lowest BCUT2D eigenvalue weighted by Gasteiger charge is -2.07. The summed E-state index contributed by atoms with van der Waals surface area (Å²) in [5.74, 6) is -1.06. The SMILES string of the molecule is COc1ccc(C(=O)Nc2cc(Br)cc(C(=O)O)c2)cn1. The highest BCUT2D eigenvalue weighted by Gasteiger charge is 2.10. The van der Waals surface area contributed by atoms with Crippen molar-refractivity contribution in [1.29, 1.82) is 0 Å². The van der Waals surface area contributed by atoms with E-state index in [2.05, 4.69) is 26.2 Å². The topological polar surface area (TPSA) is 88.5 Å². The largest absolute Gasteiger partial charge is 0.481 e. The maximum Gasteiger partial charge on any atom is 0.335 e. The number of nitrogens with one attached hydrogen (secondary N) is 1. The van der Waals surface area contributed by atoms with Gasteiger partial charge in [0.2, 0.25) is 5.88 Å². The average molecular weight is 351 g/mol. The van der Waals surface area contributed by atoms with Gasteiger partial charge in [0, 0.05) is 22.4 Å². The van der Waals surface area contributed by atoms with E-state index in [1.807, 2.05) is 0 Å². The number of pyridine rings is 1. The number of nitrogens with zero attached hydrogens (tertiary/aromatic N) is 1. The minimum atomic E-state index is -1.07. The summed E-state index contributed by atoms with van der Waals surface area (Å²) < 4.78 is 5.47. The van der Waals surface area contributed by atoms with E-state index in [9.17, 15) is 9.59 Å². The molecule has 0 aliphatic heterocycles. The summed E-state index contributed by atoms with van der Waals surface area (Å²) in [7, 11) is 1.48. The molecule has 0 unspecified atom stereocenters. The van der Waals surface area contributed by atoms with Gasteiger partial charge in [-0.05, 0) is 24.3 Å². The van der Waals surface area contributed by atoms with E-state index in [-0.39, 0.29) is 11.5 Å². The van der Waals surface area contributed by atoms with Crippen molar-refractivity contribution in [3.8, 4) is 5.88 Å². The van der Waals surface area contributed by atoms with E-state index in [1.165, 1.54) is 25.4 Å². The lowest BCUT2D eigenvalue weighted by atomic mass is 10.2. The third kappa shape index (κ3) is 3.79. The number of rotatable bonds is 4. The summed E-state index contributed by atoms with van der Waals surface area (Å²) in [5.41, 5.74) is 0.794. The molecule has 1 aromatic heterocycles. The van der Waals surface area contributed by atoms with Gasteiger partial charge in [0.15, 0.2) is 0 Å². The van der Waals surface area contributed by atoms with E-state index in [0.717, 1.165) is 0 Å². The number of benzene rings is 1. The van der Waals surface area contributed by atoms with E-state index in [4.69, 9.17) is 9.84 Å². The molecule has 2 N–H and O–H groups in total. The van der Waals surface area contributed by atoms with Crippen LogP contribution in [0.15, 0.2) is 41.0 Å². The molecule has 0 bridgehead atoms. The summed E-state index contributed by atoms with van der Waals surface area (Å²) in [4.78, 5) is 27.0. The molecule has 1 aromatic carbocycles. The molecule has 21 heavy (non-hydrogen) atoms. The molecule has 0 saturated heterocycles. The zero-order valence-corrected chi connectivity index (χ0v) is 12.5. The first-order valence-electron chi connectivity index (χ1n) is 5.85. The molecule has 0 spiro atoms. The van der Waals surface area contributed by atoms with Crippen LogP contribution in [0.4, 0.5) is 5.69 Å². The third-order valence-corrected chi connectivity index (χ3v) is 3.07. The number of halogens is 1. The van der Waals surface area contributed by atoms with Crippen LogP contribution in [-0.2, 0) is 0 Å². The number of carbonyl (C=O) groups is 2. The van der Waals surface area contributed by atoms with Crippen molar-refractivity contribution in [1.82, 2.24) is 4.98 Å². The molecule has 0 radical (unpaired) electrons. The van der Waals surface area contributed by atoms with E-state index >= 15 is 0 Å². The van der Waals surface area contributed by atoms with Crippen LogP contribution in [0.3, 0.4) is 0 Å². The second-order valence-corrected chi connectivity index (χ2v) is 4.99. The lowest BCUT2D eigenvalue weighted by Crippen LogP contribution is -2.13. The molecule has 108 valence electrons. The Bertz CT molecular complexity index is 686. The number of carboxylic acid groups (broad SMARTS) is 1. The van der Waals surface area contributed by atoms with Gasteiger partial charge >= 0.3 is 5.97 Å². The van der Waals surface area contributed by atoms with Gasteiger partial charge in [-0.25, -0.2) is 9.78 Å². The second-order valence-electron chi connectivity index (χ2n) is 4.08. The molecule has 2 aromatic rings. The molecule has 1 amide bonds. The highest BCUT2D eigenvalue weighted by atomic mass is 79.9. The van der Waals surface area contributed by atoms with Crippen LogP contribution in [0.25, 0.3) is 0 Å². The molecule has 7 heteroatoms. The zero-order valence-electron chi connectivity index (χ0n) is 11.0. The van der Waals surface area contributed by atoms with E-state index in [0.29, 0.717) is 21.6 Å². The third-order valence-electron chi connectivity index (χ3n) is 2.61. The van der Waals surface area contributed by atoms with Crippen LogP contribution >= 0.6 is 15.9 Å². The molecule has 6 nitrogen and oxygen atoms in total. The molecule has 0 aliphatic carbocycles. The summed E-state index contributed by atoms with van der Waals surface area (Å²) in [6.07, 6.45) is 1.38. The fourth-order valence-electron chi connectivity index (χ4n) is 1.62. The molecular formula is C14H11BrN2O4. The smallest absolute Gasteiger partial charge is 0.335 e. The van der Waals surface area contributed by atoms with Crippen molar-refractivity contribution < 1.29 is 19.4 Å². The normalized spacial score (nSPS) is 10.0. The second kappa shape index (κ2) is 6.36. The molecule has 0 aliphatic rings. The molecule has 0 atom stereocenters. The van der Waals surface area contributed by atoms with Crippen LogP contribution in [0.1, 0.15) is 20.7 Å². The number of aromatic nitrogens is 1. The monoisotopic (exact) mass is 350 g/mol. The van der Waals surface area contributed by atoms with Crippen molar-refractivity contribution in [2.45, 2.75) is 0 Å². The predicted octanol–water partition coefficient (Wildman–Crippen LogP) is 2.80. The van der Waals surface area contributed by atoms with Crippen LogP contribution < -0.4 is 10.1 Å². The number of amides is 1. The first-order chi connectivity index (χ1) is 9.99. The van der Waals surface area contributed by atoms with Crippen LogP contribution in [0, 0.1) is 0 Å². The van der Waals surface area contributed by atoms with Gasteiger partial charge < -0.3 is 15.2 Å². The molecule has 0 saturated carbocycles. The molecule has 2 rings (SSSR count). The number of hydrogen-bond donors (Lipinski definition) is 2. The van der Waals surface area contributed by atoms with Gasteiger partial charge in [-0.2, -0.15) is 0 Å². The number of aromatic carboxylic acids is 1. The number of hydrogen-bond acceptors (Lipinski definition) is 4. The van der Waals surface area contributed by atoms with Crippen molar-refractivity contribution in [2.24, 2.45) is 0 Å². The Morgan fingerprint density at radius 1 is 1.24 bits per heavy atom. The highest BCUT2D eigenvalue weighted by molar-refractivity contribution is 9.10. The van der Waals surface area contributed by atoms with Gasteiger partial charge in [0.05, 0.1) is 18.2 Å². The average Bonchev–Trinajstić information content (AvgIpc) is 2.46. The minimum absolute atomic E-state index is 0.0764. The first kappa shape index (κ1) is 15.0. The van der Waals surface area contributed by atoms with Crippen molar-refractivity contribution >= 4 is 33.5 Å². The summed E-state index contributed by atoms with van der Waals surface area (Å²) in [6, 6.07) is 7.58. The van der Waals surface area contributed by atoms with Gasteiger partial charge in [-0.3, -0.25) is 4.79 Å². The van der Waals surface area contributed by atoms with Crippen LogP contribution in [0.2, 0.25) is 0 Å². The Labute approximate surface area is 128 Å². The standard InChI is InChI=1S/C14H11BrN2O4/c1-21-12-3-2-8(7-16-12)13(18)17-11-5-9(14(19)20)4-10(15)6-11/h2-7H,1H3,(H,17,18)(H,19,20). The van der Waals surface area contributed by atoms with Gasteiger partial charge in [0.1, 0.15) is 0 Å². The quantitative estimate of drug-likeness (QED) is 0.884. The van der Waals surface area contributed by atoms with Crippen LogP contribution in [0.5, 0.6) is 5.88 Å². The molecule has 1 heterocycles. The Hall–Kier alpha value is -2.41. The predicted molar refractivity (Wildman–Crippen MR) is 79.8 cm³/mol. The summed E-state index contributed by atoms with van der Waals surface area (Å²) >= 11 is 3.20. The fourth-order valence-corrected chi connectivity index (χ4v) is 2.12. The summed E-state index contributed by atoms with van der Waals surface area (Å²) in [5, 5.41) is 11.6. The van der Waals surface area contributed by atoms with E-state index in [1.54, 1.807) is 18.2 Å². The number of ether oxygens (including phenoxy) is 1. The van der Waals surface area contributed by atoms with Gasteiger partial charge in [0.25, 0.3) is 5.91 Å². The maximum absolute atomic E-state index is 12.1. The molecular weight excluding hydrogens is 340 g/mol. The first-order valence-corrected chi connectivity index (χ1v) is 6.64. The Balaban J connectivity index is 2.20. The Morgan fingerprint density at radius 2 is 2.00 bits per heavy atom.